The summed E-state index contributed by atoms with van der Waals surface area (Å²) in [5.41, 5.74) is 1.53. The summed E-state index contributed by atoms with van der Waals surface area (Å²) in [5, 5.41) is 1.60. The van der Waals surface area contributed by atoms with E-state index in [1.165, 1.54) is 0 Å². The average molecular weight is 291 g/mol. The molecule has 0 N–H and O–H groups in total. The Labute approximate surface area is 114 Å². The normalized spacial score (nSPS) is 10.5. The van der Waals surface area contributed by atoms with Crippen molar-refractivity contribution in [3.63, 3.8) is 0 Å². The molecule has 0 nitrogen and oxygen atoms in total. The Bertz CT molecular complexity index is 535. The van der Waals surface area contributed by atoms with Gasteiger partial charge in [-0.2, -0.15) is 0 Å². The fourth-order valence-electron chi connectivity index (χ4n) is 1.35. The first-order valence-electron chi connectivity index (χ1n) is 4.41. The molecule has 0 saturated heterocycles. The smallest absolute Gasteiger partial charge is 0.0791 e. The molecular formula is C12H5Cl4. The molecule has 16 heavy (non-hydrogen) atoms. The molecule has 0 saturated carbocycles. The first kappa shape index (κ1) is 12.1. The average Bonchev–Trinajstić information content (AvgIpc) is 2.28. The molecule has 2 aromatic rings. The molecule has 0 atom stereocenters. The van der Waals surface area contributed by atoms with Crippen LogP contribution in [0, 0.1) is 6.07 Å². The maximum Gasteiger partial charge on any atom is 0.0791 e. The Morgan fingerprint density at radius 2 is 1.50 bits per heavy atom. The van der Waals surface area contributed by atoms with E-state index in [9.17, 15) is 0 Å². The van der Waals surface area contributed by atoms with Crippen LogP contribution in [0.2, 0.25) is 20.1 Å². The van der Waals surface area contributed by atoms with Gasteiger partial charge in [-0.05, 0) is 12.1 Å². The van der Waals surface area contributed by atoms with Crippen molar-refractivity contribution in [3.8, 4) is 11.1 Å². The Morgan fingerprint density at radius 3 is 2.19 bits per heavy atom. The van der Waals surface area contributed by atoms with Gasteiger partial charge in [0, 0.05) is 22.2 Å². The minimum absolute atomic E-state index is 0.292. The van der Waals surface area contributed by atoms with E-state index in [0.717, 1.165) is 11.1 Å². The van der Waals surface area contributed by atoms with E-state index in [4.69, 9.17) is 46.4 Å². The van der Waals surface area contributed by atoms with E-state index in [0.29, 0.717) is 20.1 Å². The quantitative estimate of drug-likeness (QED) is 0.585. The van der Waals surface area contributed by atoms with Crippen LogP contribution in [-0.4, -0.2) is 0 Å². The number of halogens is 4. The molecular weight excluding hydrogens is 286 g/mol. The highest BCUT2D eigenvalue weighted by molar-refractivity contribution is 6.49. The van der Waals surface area contributed by atoms with Gasteiger partial charge < -0.3 is 0 Å². The summed E-state index contributed by atoms with van der Waals surface area (Å²) in [6.45, 7) is 0. The molecule has 0 unspecified atom stereocenters. The minimum Gasteiger partial charge on any atom is -0.0837 e. The van der Waals surface area contributed by atoms with E-state index in [2.05, 4.69) is 6.07 Å². The van der Waals surface area contributed by atoms with Crippen LogP contribution in [0.1, 0.15) is 0 Å². The Morgan fingerprint density at radius 1 is 0.812 bits per heavy atom. The van der Waals surface area contributed by atoms with Crippen LogP contribution < -0.4 is 0 Å². The lowest BCUT2D eigenvalue weighted by Gasteiger charge is -2.08. The molecule has 0 bridgehead atoms. The van der Waals surface area contributed by atoms with Crippen molar-refractivity contribution in [2.24, 2.45) is 0 Å². The molecule has 0 spiro atoms. The largest absolute Gasteiger partial charge is 0.0837 e. The van der Waals surface area contributed by atoms with Gasteiger partial charge in [0.25, 0.3) is 0 Å². The predicted molar refractivity (Wildman–Crippen MR) is 70.8 cm³/mol. The molecule has 0 amide bonds. The maximum atomic E-state index is 6.11. The number of rotatable bonds is 1. The molecule has 0 heterocycles. The zero-order chi connectivity index (χ0) is 11.7. The van der Waals surface area contributed by atoms with Crippen LogP contribution in [0.4, 0.5) is 0 Å². The topological polar surface area (TPSA) is 0 Å². The van der Waals surface area contributed by atoms with Crippen LogP contribution in [0.5, 0.6) is 0 Å². The Hall–Kier alpha value is -0.400. The zero-order valence-corrected chi connectivity index (χ0v) is 10.9. The van der Waals surface area contributed by atoms with E-state index in [1.807, 2.05) is 18.2 Å². The molecule has 0 aliphatic carbocycles. The van der Waals surface area contributed by atoms with Crippen molar-refractivity contribution in [1.29, 1.82) is 0 Å². The summed E-state index contributed by atoms with van der Waals surface area (Å²) in [4.78, 5) is 0. The second-order valence-electron chi connectivity index (χ2n) is 3.12. The number of hydrogen-bond acceptors (Lipinski definition) is 0. The molecule has 2 rings (SSSR count). The van der Waals surface area contributed by atoms with Crippen LogP contribution in [0.25, 0.3) is 11.1 Å². The van der Waals surface area contributed by atoms with Crippen LogP contribution in [0.15, 0.2) is 30.3 Å². The van der Waals surface area contributed by atoms with Gasteiger partial charge in [-0.15, -0.1) is 0 Å². The molecule has 0 fully saturated rings. The van der Waals surface area contributed by atoms with E-state index < -0.39 is 0 Å². The molecule has 2 aromatic carbocycles. The van der Waals surface area contributed by atoms with Crippen molar-refractivity contribution >= 4 is 46.4 Å². The third-order valence-electron chi connectivity index (χ3n) is 2.13. The van der Waals surface area contributed by atoms with Gasteiger partial charge in [-0.25, -0.2) is 0 Å². The summed E-state index contributed by atoms with van der Waals surface area (Å²) in [5.74, 6) is 0. The Balaban J connectivity index is 2.66. The highest BCUT2D eigenvalue weighted by Crippen LogP contribution is 2.39. The lowest BCUT2D eigenvalue weighted by Crippen LogP contribution is -1.83. The fourth-order valence-corrected chi connectivity index (χ4v) is 2.19. The molecule has 4 heteroatoms. The van der Waals surface area contributed by atoms with Crippen molar-refractivity contribution in [2.45, 2.75) is 0 Å². The predicted octanol–water partition coefficient (Wildman–Crippen LogP) is 5.77. The second kappa shape index (κ2) is 4.85. The van der Waals surface area contributed by atoms with Crippen molar-refractivity contribution < 1.29 is 0 Å². The summed E-state index contributed by atoms with van der Waals surface area (Å²) in [7, 11) is 0. The van der Waals surface area contributed by atoms with Gasteiger partial charge in [0.15, 0.2) is 0 Å². The molecule has 1 radical (unpaired) electrons. The van der Waals surface area contributed by atoms with Gasteiger partial charge in [0.2, 0.25) is 0 Å². The molecule has 0 aromatic heterocycles. The highest BCUT2D eigenvalue weighted by Gasteiger charge is 2.12. The molecule has 0 aliphatic rings. The van der Waals surface area contributed by atoms with Gasteiger partial charge in [0.1, 0.15) is 0 Å². The minimum atomic E-state index is 0.292. The van der Waals surface area contributed by atoms with Gasteiger partial charge in [0.05, 0.1) is 15.1 Å². The van der Waals surface area contributed by atoms with E-state index in [1.54, 1.807) is 12.1 Å². The fraction of sp³-hybridized carbons (Fsp3) is 0. The number of benzene rings is 2. The second-order valence-corrected chi connectivity index (χ2v) is 4.67. The summed E-state index contributed by atoms with van der Waals surface area (Å²) < 4.78 is 0. The summed E-state index contributed by atoms with van der Waals surface area (Å²) in [6, 6.07) is 11.9. The highest BCUT2D eigenvalue weighted by atomic mass is 35.5. The van der Waals surface area contributed by atoms with Crippen molar-refractivity contribution in [3.05, 3.63) is 56.5 Å². The maximum absolute atomic E-state index is 6.11. The molecule has 81 valence electrons. The monoisotopic (exact) mass is 289 g/mol. The van der Waals surface area contributed by atoms with Crippen molar-refractivity contribution in [2.75, 3.05) is 0 Å². The van der Waals surface area contributed by atoms with E-state index in [-0.39, 0.29) is 0 Å². The molecule has 0 aliphatic heterocycles. The summed E-state index contributed by atoms with van der Waals surface area (Å²) in [6.07, 6.45) is 0. The lowest BCUT2D eigenvalue weighted by atomic mass is 10.1. The third-order valence-corrected chi connectivity index (χ3v) is 3.72. The standard InChI is InChI=1S/C12H5Cl4/c13-9-4-2-1-3-7(9)8-5-6-10(14)12(16)11(8)15/h1-5H. The van der Waals surface area contributed by atoms with Crippen LogP contribution in [-0.2, 0) is 0 Å². The van der Waals surface area contributed by atoms with Crippen molar-refractivity contribution in [1.82, 2.24) is 0 Å². The SMILES string of the molecule is Clc1[c]cc(-c2ccccc2Cl)c(Cl)c1Cl. The Kier molecular flexibility index (Phi) is 3.66. The third kappa shape index (κ3) is 2.16. The van der Waals surface area contributed by atoms with Crippen LogP contribution in [0.3, 0.4) is 0 Å². The first-order valence-corrected chi connectivity index (χ1v) is 5.92. The van der Waals surface area contributed by atoms with Gasteiger partial charge in [-0.3, -0.25) is 0 Å². The van der Waals surface area contributed by atoms with Gasteiger partial charge >= 0.3 is 0 Å². The van der Waals surface area contributed by atoms with Gasteiger partial charge in [-0.1, -0.05) is 64.6 Å². The van der Waals surface area contributed by atoms with E-state index >= 15 is 0 Å². The number of hydrogen-bond donors (Lipinski definition) is 0. The zero-order valence-electron chi connectivity index (χ0n) is 7.90. The summed E-state index contributed by atoms with van der Waals surface area (Å²) >= 11 is 23.9. The first-order chi connectivity index (χ1) is 7.61. The lowest BCUT2D eigenvalue weighted by molar-refractivity contribution is 1.61. The van der Waals surface area contributed by atoms with Crippen LogP contribution >= 0.6 is 46.4 Å².